The summed E-state index contributed by atoms with van der Waals surface area (Å²) in [6.07, 6.45) is 4.67. The Labute approximate surface area is 125 Å². The van der Waals surface area contributed by atoms with Crippen molar-refractivity contribution in [2.24, 2.45) is 18.4 Å². The molecular weight excluding hydrogens is 270 g/mol. The normalized spacial score (nSPS) is 13.0. The van der Waals surface area contributed by atoms with Crippen LogP contribution in [0.1, 0.15) is 50.5 Å². The van der Waals surface area contributed by atoms with E-state index in [-0.39, 0.29) is 23.7 Å². The molecule has 0 radical (unpaired) electrons. The number of hydrogen-bond acceptors (Lipinski definition) is 3. The summed E-state index contributed by atoms with van der Waals surface area (Å²) in [5, 5.41) is 11.7. The quantitative estimate of drug-likeness (QED) is 0.806. The maximum absolute atomic E-state index is 12.0. The minimum Gasteiger partial charge on any atom is -0.481 e. The summed E-state index contributed by atoms with van der Waals surface area (Å²) in [6.45, 7) is 6.83. The molecule has 6 heteroatoms. The zero-order valence-corrected chi connectivity index (χ0v) is 13.2. The summed E-state index contributed by atoms with van der Waals surface area (Å²) in [6, 6.07) is 0. The zero-order valence-electron chi connectivity index (χ0n) is 13.2. The smallest absolute Gasteiger partial charge is 0.303 e. The number of aliphatic carboxylic acids is 1. The van der Waals surface area contributed by atoms with Gasteiger partial charge in [0.05, 0.1) is 12.5 Å². The minimum atomic E-state index is -0.775. The molecule has 0 bridgehead atoms. The molecule has 118 valence electrons. The van der Waals surface area contributed by atoms with E-state index in [1.165, 1.54) is 6.20 Å². The Morgan fingerprint density at radius 1 is 1.38 bits per heavy atom. The van der Waals surface area contributed by atoms with Gasteiger partial charge in [0.1, 0.15) is 5.69 Å². The lowest BCUT2D eigenvalue weighted by Crippen LogP contribution is -2.30. The Kier molecular flexibility index (Phi) is 5.93. The SMILES string of the molecule is Cn1cncc1C(=O)NCCC(CCC(=O)O)C(C)(C)C. The van der Waals surface area contributed by atoms with Gasteiger partial charge in [0, 0.05) is 20.0 Å². The zero-order chi connectivity index (χ0) is 16.0. The number of nitrogens with one attached hydrogen (secondary N) is 1. The number of carboxylic acids is 1. The largest absolute Gasteiger partial charge is 0.481 e. The summed E-state index contributed by atoms with van der Waals surface area (Å²) in [5.41, 5.74) is 0.542. The molecule has 1 aromatic heterocycles. The van der Waals surface area contributed by atoms with Gasteiger partial charge in [-0.25, -0.2) is 4.98 Å². The van der Waals surface area contributed by atoms with Crippen LogP contribution >= 0.6 is 0 Å². The molecule has 0 saturated heterocycles. The first-order valence-electron chi connectivity index (χ1n) is 7.18. The van der Waals surface area contributed by atoms with Crippen molar-refractivity contribution in [2.75, 3.05) is 6.54 Å². The Balaban J connectivity index is 2.48. The summed E-state index contributed by atoms with van der Waals surface area (Å²) in [5.74, 6) is -0.676. The summed E-state index contributed by atoms with van der Waals surface area (Å²) in [4.78, 5) is 26.6. The third-order valence-corrected chi connectivity index (χ3v) is 3.76. The van der Waals surface area contributed by atoms with Crippen LogP contribution in [-0.2, 0) is 11.8 Å². The highest BCUT2D eigenvalue weighted by Crippen LogP contribution is 2.32. The fraction of sp³-hybridized carbons (Fsp3) is 0.667. The molecule has 1 rings (SSSR count). The van der Waals surface area contributed by atoms with E-state index in [1.54, 1.807) is 17.9 Å². The van der Waals surface area contributed by atoms with Crippen LogP contribution in [0.2, 0.25) is 0 Å². The maximum Gasteiger partial charge on any atom is 0.303 e. The van der Waals surface area contributed by atoms with Crippen molar-refractivity contribution in [3.63, 3.8) is 0 Å². The van der Waals surface area contributed by atoms with Crippen molar-refractivity contribution >= 4 is 11.9 Å². The number of aryl methyl sites for hydroxylation is 1. The molecule has 0 saturated carbocycles. The van der Waals surface area contributed by atoms with E-state index in [1.807, 2.05) is 0 Å². The van der Waals surface area contributed by atoms with Crippen molar-refractivity contribution in [2.45, 2.75) is 40.0 Å². The first-order chi connectivity index (χ1) is 9.71. The van der Waals surface area contributed by atoms with Crippen molar-refractivity contribution in [1.82, 2.24) is 14.9 Å². The number of hydrogen-bond donors (Lipinski definition) is 2. The molecule has 1 atom stereocenters. The van der Waals surface area contributed by atoms with Gasteiger partial charge in [-0.1, -0.05) is 20.8 Å². The molecule has 1 amide bonds. The summed E-state index contributed by atoms with van der Waals surface area (Å²) in [7, 11) is 1.77. The third kappa shape index (κ3) is 5.57. The topological polar surface area (TPSA) is 84.2 Å². The lowest BCUT2D eigenvalue weighted by atomic mass is 9.76. The van der Waals surface area contributed by atoms with Gasteiger partial charge in [0.2, 0.25) is 0 Å². The molecule has 2 N–H and O–H groups in total. The number of carbonyl (C=O) groups excluding carboxylic acids is 1. The fourth-order valence-corrected chi connectivity index (χ4v) is 2.33. The van der Waals surface area contributed by atoms with E-state index in [9.17, 15) is 9.59 Å². The van der Waals surface area contributed by atoms with Gasteiger partial charge in [-0.15, -0.1) is 0 Å². The molecule has 0 spiro atoms. The number of imidazole rings is 1. The Morgan fingerprint density at radius 3 is 2.52 bits per heavy atom. The predicted octanol–water partition coefficient (Wildman–Crippen LogP) is 2.07. The first kappa shape index (κ1) is 17.2. The number of carbonyl (C=O) groups is 2. The molecule has 1 unspecified atom stereocenters. The molecule has 0 aliphatic carbocycles. The van der Waals surface area contributed by atoms with E-state index in [2.05, 4.69) is 31.1 Å². The lowest BCUT2D eigenvalue weighted by Gasteiger charge is -2.30. The molecule has 21 heavy (non-hydrogen) atoms. The Bertz CT molecular complexity index is 489. The molecule has 6 nitrogen and oxygen atoms in total. The van der Waals surface area contributed by atoms with Crippen molar-refractivity contribution < 1.29 is 14.7 Å². The van der Waals surface area contributed by atoms with Crippen LogP contribution < -0.4 is 5.32 Å². The molecule has 0 aromatic carbocycles. The highest BCUT2D eigenvalue weighted by molar-refractivity contribution is 5.92. The maximum atomic E-state index is 12.0. The Morgan fingerprint density at radius 2 is 2.05 bits per heavy atom. The number of rotatable bonds is 7. The average Bonchev–Trinajstić information content (AvgIpc) is 2.77. The average molecular weight is 295 g/mol. The van der Waals surface area contributed by atoms with E-state index in [0.29, 0.717) is 18.7 Å². The number of nitrogens with zero attached hydrogens (tertiary/aromatic N) is 2. The van der Waals surface area contributed by atoms with Crippen molar-refractivity contribution in [1.29, 1.82) is 0 Å². The lowest BCUT2D eigenvalue weighted by molar-refractivity contribution is -0.137. The Hall–Kier alpha value is -1.85. The molecule has 0 fully saturated rings. The van der Waals surface area contributed by atoms with Crippen LogP contribution in [0.25, 0.3) is 0 Å². The van der Waals surface area contributed by atoms with Crippen LogP contribution in [0.4, 0.5) is 0 Å². The van der Waals surface area contributed by atoms with Crippen LogP contribution in [0.3, 0.4) is 0 Å². The van der Waals surface area contributed by atoms with Crippen LogP contribution in [0.15, 0.2) is 12.5 Å². The van der Waals surface area contributed by atoms with Crippen LogP contribution in [0, 0.1) is 11.3 Å². The second-order valence-corrected chi connectivity index (χ2v) is 6.43. The van der Waals surface area contributed by atoms with Gasteiger partial charge in [-0.05, 0) is 24.2 Å². The van der Waals surface area contributed by atoms with Crippen LogP contribution in [-0.4, -0.2) is 33.1 Å². The highest BCUT2D eigenvalue weighted by atomic mass is 16.4. The molecule has 0 aliphatic heterocycles. The van der Waals surface area contributed by atoms with E-state index >= 15 is 0 Å². The minimum absolute atomic E-state index is 0.0205. The van der Waals surface area contributed by atoms with E-state index < -0.39 is 5.97 Å². The second kappa shape index (κ2) is 7.24. The monoisotopic (exact) mass is 295 g/mol. The number of carboxylic acid groups (broad SMARTS) is 1. The van der Waals surface area contributed by atoms with E-state index in [4.69, 9.17) is 5.11 Å². The van der Waals surface area contributed by atoms with Crippen molar-refractivity contribution in [3.8, 4) is 0 Å². The fourth-order valence-electron chi connectivity index (χ4n) is 2.33. The second-order valence-electron chi connectivity index (χ2n) is 6.43. The third-order valence-electron chi connectivity index (χ3n) is 3.76. The van der Waals surface area contributed by atoms with Gasteiger partial charge < -0.3 is 15.0 Å². The summed E-state index contributed by atoms with van der Waals surface area (Å²) >= 11 is 0. The molecule has 1 heterocycles. The van der Waals surface area contributed by atoms with E-state index in [0.717, 1.165) is 6.42 Å². The van der Waals surface area contributed by atoms with Gasteiger partial charge >= 0.3 is 5.97 Å². The molecule has 1 aromatic rings. The standard InChI is InChI=1S/C15H25N3O3/c1-15(2,3)11(5-6-13(19)20)7-8-17-14(21)12-9-16-10-18(12)4/h9-11H,5-8H2,1-4H3,(H,17,21)(H,19,20). The first-order valence-corrected chi connectivity index (χ1v) is 7.18. The predicted molar refractivity (Wildman–Crippen MR) is 80.0 cm³/mol. The summed E-state index contributed by atoms with van der Waals surface area (Å²) < 4.78 is 1.67. The van der Waals surface area contributed by atoms with Crippen molar-refractivity contribution in [3.05, 3.63) is 18.2 Å². The van der Waals surface area contributed by atoms with Gasteiger partial charge in [-0.2, -0.15) is 0 Å². The van der Waals surface area contributed by atoms with Gasteiger partial charge in [-0.3, -0.25) is 9.59 Å². The van der Waals surface area contributed by atoms with Gasteiger partial charge in [0.15, 0.2) is 0 Å². The number of aromatic nitrogens is 2. The highest BCUT2D eigenvalue weighted by Gasteiger charge is 2.25. The van der Waals surface area contributed by atoms with Crippen LogP contribution in [0.5, 0.6) is 0 Å². The van der Waals surface area contributed by atoms with Gasteiger partial charge in [0.25, 0.3) is 5.91 Å². The number of amides is 1. The molecule has 0 aliphatic rings. The molecular formula is C15H25N3O3.